The van der Waals surface area contributed by atoms with Crippen molar-refractivity contribution < 1.29 is 14.3 Å². The van der Waals surface area contributed by atoms with Crippen molar-refractivity contribution in [1.82, 2.24) is 0 Å². The van der Waals surface area contributed by atoms with Gasteiger partial charge in [-0.25, -0.2) is 0 Å². The second-order valence-corrected chi connectivity index (χ2v) is 3.35. The summed E-state index contributed by atoms with van der Waals surface area (Å²) in [7, 11) is 0. The molecule has 0 N–H and O–H groups in total. The first-order valence-corrected chi connectivity index (χ1v) is 6.72. The van der Waals surface area contributed by atoms with Crippen LogP contribution in [0.15, 0.2) is 48.6 Å². The van der Waals surface area contributed by atoms with Gasteiger partial charge in [-0.2, -0.15) is 0 Å². The molecular formula is C17H30O3. The average Bonchev–Trinajstić information content (AvgIpc) is 2.50. The molecule has 0 radical (unpaired) electrons. The summed E-state index contributed by atoms with van der Waals surface area (Å²) in [6, 6.07) is 0. The highest BCUT2D eigenvalue weighted by atomic mass is 16.5. The van der Waals surface area contributed by atoms with E-state index in [1.807, 2.05) is 83.1 Å². The Labute approximate surface area is 124 Å². The highest BCUT2D eigenvalue weighted by Crippen LogP contribution is 1.79. The SMILES string of the molecule is C=O.CC=CCOCC=CC.CC=CCOCC=CC. The Morgan fingerprint density at radius 3 is 0.950 bits per heavy atom. The molecule has 0 aromatic carbocycles. The van der Waals surface area contributed by atoms with Crippen LogP contribution in [0.5, 0.6) is 0 Å². The quantitative estimate of drug-likeness (QED) is 0.496. The number of hydrogen-bond acceptors (Lipinski definition) is 3. The van der Waals surface area contributed by atoms with E-state index in [2.05, 4.69) is 0 Å². The van der Waals surface area contributed by atoms with Crippen molar-refractivity contribution in [2.75, 3.05) is 26.4 Å². The molecule has 116 valence electrons. The lowest BCUT2D eigenvalue weighted by atomic mass is 10.5. The molecule has 0 saturated heterocycles. The van der Waals surface area contributed by atoms with Crippen molar-refractivity contribution >= 4 is 6.79 Å². The van der Waals surface area contributed by atoms with Crippen LogP contribution in [-0.4, -0.2) is 33.2 Å². The highest BCUT2D eigenvalue weighted by molar-refractivity contribution is 5.11. The number of carbonyl (C=O) groups excluding carboxylic acids is 1. The molecule has 3 nitrogen and oxygen atoms in total. The monoisotopic (exact) mass is 282 g/mol. The van der Waals surface area contributed by atoms with E-state index in [1.54, 1.807) is 0 Å². The standard InChI is InChI=1S/2C8H14O.CH2O/c2*1-3-5-7-9-8-6-4-2;1-2/h2*3-6H,7-8H2,1-2H3;1H2. The third-order valence-corrected chi connectivity index (χ3v) is 1.80. The first kappa shape index (κ1) is 23.6. The minimum atomic E-state index is 0.723. The molecule has 0 bridgehead atoms. The molecule has 0 aromatic rings. The molecule has 3 heteroatoms. The fourth-order valence-electron chi connectivity index (χ4n) is 0.793. The molecule has 0 aliphatic heterocycles. The Kier molecular flexibility index (Phi) is 36.1. The lowest BCUT2D eigenvalue weighted by molar-refractivity contribution is -0.0979. The summed E-state index contributed by atoms with van der Waals surface area (Å²) in [5, 5.41) is 0. The van der Waals surface area contributed by atoms with Gasteiger partial charge in [0.1, 0.15) is 6.79 Å². The van der Waals surface area contributed by atoms with Crippen LogP contribution >= 0.6 is 0 Å². The molecule has 0 aliphatic carbocycles. The summed E-state index contributed by atoms with van der Waals surface area (Å²) < 4.78 is 10.3. The lowest BCUT2D eigenvalue weighted by Gasteiger charge is -1.91. The van der Waals surface area contributed by atoms with Gasteiger partial charge in [0, 0.05) is 0 Å². The summed E-state index contributed by atoms with van der Waals surface area (Å²) in [6.45, 7) is 12.8. The smallest absolute Gasteiger partial charge is 0.106 e. The fourth-order valence-corrected chi connectivity index (χ4v) is 0.793. The largest absolute Gasteiger partial charge is 0.373 e. The van der Waals surface area contributed by atoms with Crippen molar-refractivity contribution in [2.24, 2.45) is 0 Å². The maximum Gasteiger partial charge on any atom is 0.106 e. The Hall–Kier alpha value is -1.45. The molecule has 0 fully saturated rings. The normalized spacial score (nSPS) is 10.8. The summed E-state index contributed by atoms with van der Waals surface area (Å²) in [4.78, 5) is 8.00. The van der Waals surface area contributed by atoms with Gasteiger partial charge in [-0.1, -0.05) is 48.6 Å². The predicted octanol–water partition coefficient (Wildman–Crippen LogP) is 4.13. The maximum absolute atomic E-state index is 8.00. The summed E-state index contributed by atoms with van der Waals surface area (Å²) in [5.74, 6) is 0. The molecule has 0 spiro atoms. The Morgan fingerprint density at radius 1 is 0.600 bits per heavy atom. The third kappa shape index (κ3) is 36.0. The van der Waals surface area contributed by atoms with Gasteiger partial charge in [0.25, 0.3) is 0 Å². The van der Waals surface area contributed by atoms with E-state index in [4.69, 9.17) is 14.3 Å². The zero-order valence-electron chi connectivity index (χ0n) is 13.4. The molecule has 0 aromatic heterocycles. The maximum atomic E-state index is 8.00. The van der Waals surface area contributed by atoms with Gasteiger partial charge in [0.15, 0.2) is 0 Å². The Morgan fingerprint density at radius 2 is 0.800 bits per heavy atom. The molecule has 20 heavy (non-hydrogen) atoms. The molecule has 0 heterocycles. The van der Waals surface area contributed by atoms with Crippen LogP contribution in [0, 0.1) is 0 Å². The second-order valence-electron chi connectivity index (χ2n) is 3.35. The topological polar surface area (TPSA) is 35.5 Å². The average molecular weight is 282 g/mol. The van der Waals surface area contributed by atoms with Gasteiger partial charge in [-0.15, -0.1) is 0 Å². The number of ether oxygens (including phenoxy) is 2. The van der Waals surface area contributed by atoms with E-state index in [9.17, 15) is 0 Å². The summed E-state index contributed by atoms with van der Waals surface area (Å²) in [5.41, 5.74) is 0. The molecule has 0 unspecified atom stereocenters. The number of hydrogen-bond donors (Lipinski definition) is 0. The molecular weight excluding hydrogens is 252 g/mol. The molecule has 0 atom stereocenters. The van der Waals surface area contributed by atoms with Crippen molar-refractivity contribution in [3.63, 3.8) is 0 Å². The van der Waals surface area contributed by atoms with Crippen LogP contribution in [0.4, 0.5) is 0 Å². The van der Waals surface area contributed by atoms with Gasteiger partial charge < -0.3 is 14.3 Å². The van der Waals surface area contributed by atoms with Crippen molar-refractivity contribution in [1.29, 1.82) is 0 Å². The van der Waals surface area contributed by atoms with Crippen LogP contribution in [0.2, 0.25) is 0 Å². The first-order valence-electron chi connectivity index (χ1n) is 6.72. The van der Waals surface area contributed by atoms with Crippen molar-refractivity contribution in [2.45, 2.75) is 27.7 Å². The van der Waals surface area contributed by atoms with Gasteiger partial charge >= 0.3 is 0 Å². The molecule has 0 rings (SSSR count). The predicted molar refractivity (Wildman–Crippen MR) is 88.0 cm³/mol. The van der Waals surface area contributed by atoms with Crippen LogP contribution < -0.4 is 0 Å². The lowest BCUT2D eigenvalue weighted by Crippen LogP contribution is -1.89. The van der Waals surface area contributed by atoms with Crippen LogP contribution in [0.1, 0.15) is 27.7 Å². The van der Waals surface area contributed by atoms with E-state index in [0.29, 0.717) is 0 Å². The third-order valence-electron chi connectivity index (χ3n) is 1.80. The van der Waals surface area contributed by atoms with Crippen LogP contribution in [0.25, 0.3) is 0 Å². The number of allylic oxidation sites excluding steroid dienone is 4. The zero-order valence-corrected chi connectivity index (χ0v) is 13.4. The van der Waals surface area contributed by atoms with E-state index >= 15 is 0 Å². The van der Waals surface area contributed by atoms with Crippen LogP contribution in [0.3, 0.4) is 0 Å². The second kappa shape index (κ2) is 30.5. The summed E-state index contributed by atoms with van der Waals surface area (Å²) in [6.07, 6.45) is 15.9. The van der Waals surface area contributed by atoms with Gasteiger partial charge in [-0.3, -0.25) is 0 Å². The van der Waals surface area contributed by atoms with Crippen molar-refractivity contribution in [3.8, 4) is 0 Å². The van der Waals surface area contributed by atoms with Gasteiger partial charge in [0.2, 0.25) is 0 Å². The van der Waals surface area contributed by atoms with E-state index < -0.39 is 0 Å². The van der Waals surface area contributed by atoms with E-state index in [-0.39, 0.29) is 0 Å². The van der Waals surface area contributed by atoms with Gasteiger partial charge in [-0.05, 0) is 27.7 Å². The minimum Gasteiger partial charge on any atom is -0.373 e. The van der Waals surface area contributed by atoms with Gasteiger partial charge in [0.05, 0.1) is 26.4 Å². The van der Waals surface area contributed by atoms with E-state index in [1.165, 1.54) is 0 Å². The minimum absolute atomic E-state index is 0.723. The molecule has 0 aliphatic rings. The summed E-state index contributed by atoms with van der Waals surface area (Å²) >= 11 is 0. The molecule has 0 saturated carbocycles. The first-order chi connectivity index (χ1) is 9.83. The zero-order chi connectivity index (χ0) is 15.9. The van der Waals surface area contributed by atoms with Crippen molar-refractivity contribution in [3.05, 3.63) is 48.6 Å². The Bertz CT molecular complexity index is 203. The van der Waals surface area contributed by atoms with E-state index in [0.717, 1.165) is 26.4 Å². The number of carbonyl (C=O) groups is 1. The molecule has 0 amide bonds. The fraction of sp³-hybridized carbons (Fsp3) is 0.471. The Balaban J connectivity index is -0.000000257. The number of rotatable bonds is 8. The van der Waals surface area contributed by atoms with Crippen LogP contribution in [-0.2, 0) is 14.3 Å². The highest BCUT2D eigenvalue weighted by Gasteiger charge is 1.74.